The van der Waals surface area contributed by atoms with Gasteiger partial charge in [-0.25, -0.2) is 4.79 Å². The number of carboxylic acids is 1. The summed E-state index contributed by atoms with van der Waals surface area (Å²) in [4.78, 5) is 13.8. The average Bonchev–Trinajstić information content (AvgIpc) is 1.90. The van der Waals surface area contributed by atoms with Gasteiger partial charge in [0.15, 0.2) is 0 Å². The molecule has 1 heterocycles. The van der Waals surface area contributed by atoms with E-state index in [2.05, 4.69) is 4.98 Å². The molecule has 1 aromatic rings. The number of aromatic nitrogens is 1. The summed E-state index contributed by atoms with van der Waals surface area (Å²) in [6.45, 7) is 0. The SMILES string of the molecule is O=C(O)c1cccnc1.[Mg+2]. The molecule has 0 atom stereocenters. The van der Waals surface area contributed by atoms with E-state index in [9.17, 15) is 4.79 Å². The molecule has 0 amide bonds. The Morgan fingerprint density at radius 2 is 2.30 bits per heavy atom. The molecule has 0 radical (unpaired) electrons. The van der Waals surface area contributed by atoms with Crippen molar-refractivity contribution in [1.29, 1.82) is 0 Å². The van der Waals surface area contributed by atoms with E-state index in [1.807, 2.05) is 0 Å². The van der Waals surface area contributed by atoms with E-state index >= 15 is 0 Å². The van der Waals surface area contributed by atoms with Gasteiger partial charge >= 0.3 is 29.0 Å². The van der Waals surface area contributed by atoms with Crippen molar-refractivity contribution in [2.24, 2.45) is 0 Å². The number of nitrogens with zero attached hydrogens (tertiary/aromatic N) is 1. The van der Waals surface area contributed by atoms with Crippen LogP contribution in [0.15, 0.2) is 24.5 Å². The largest absolute Gasteiger partial charge is 2.00 e. The standard InChI is InChI=1S/C6H5NO2.Mg/c8-6(9)5-2-1-3-7-4-5;/h1-4H,(H,8,9);/q;+2. The van der Waals surface area contributed by atoms with E-state index < -0.39 is 5.97 Å². The molecule has 1 N–H and O–H groups in total. The quantitative estimate of drug-likeness (QED) is 0.585. The summed E-state index contributed by atoms with van der Waals surface area (Å²) in [5, 5.41) is 8.34. The molecular weight excluding hydrogens is 142 g/mol. The van der Waals surface area contributed by atoms with Crippen LogP contribution in [0.25, 0.3) is 0 Å². The van der Waals surface area contributed by atoms with Gasteiger partial charge in [-0.1, -0.05) is 0 Å². The number of hydrogen-bond acceptors (Lipinski definition) is 2. The van der Waals surface area contributed by atoms with Crippen molar-refractivity contribution in [3.8, 4) is 0 Å². The number of carbonyl (C=O) groups is 1. The molecule has 3 nitrogen and oxygen atoms in total. The average molecular weight is 147 g/mol. The van der Waals surface area contributed by atoms with Gasteiger partial charge in [-0.2, -0.15) is 0 Å². The molecule has 0 aliphatic heterocycles. The maximum absolute atomic E-state index is 10.2. The molecular formula is C6H5MgNO2+2. The van der Waals surface area contributed by atoms with Crippen LogP contribution in [-0.2, 0) is 0 Å². The molecule has 0 aliphatic rings. The molecule has 0 aromatic carbocycles. The summed E-state index contributed by atoms with van der Waals surface area (Å²) in [5.41, 5.74) is 0.220. The van der Waals surface area contributed by atoms with Crippen LogP contribution in [0.4, 0.5) is 0 Å². The molecule has 0 saturated carbocycles. The Kier molecular flexibility index (Phi) is 3.98. The third kappa shape index (κ3) is 2.32. The topological polar surface area (TPSA) is 50.2 Å². The molecule has 10 heavy (non-hydrogen) atoms. The van der Waals surface area contributed by atoms with Gasteiger partial charge in [0.25, 0.3) is 0 Å². The summed E-state index contributed by atoms with van der Waals surface area (Å²) in [5.74, 6) is -0.942. The number of pyridine rings is 1. The van der Waals surface area contributed by atoms with Crippen molar-refractivity contribution in [2.75, 3.05) is 0 Å². The van der Waals surface area contributed by atoms with Crippen LogP contribution in [0, 0.1) is 0 Å². The smallest absolute Gasteiger partial charge is 0.478 e. The summed E-state index contributed by atoms with van der Waals surface area (Å²) in [6, 6.07) is 3.08. The van der Waals surface area contributed by atoms with Gasteiger partial charge < -0.3 is 5.11 Å². The van der Waals surface area contributed by atoms with Crippen LogP contribution in [0.3, 0.4) is 0 Å². The molecule has 0 aliphatic carbocycles. The first-order valence-corrected chi connectivity index (χ1v) is 2.44. The van der Waals surface area contributed by atoms with E-state index in [0.717, 1.165) is 0 Å². The van der Waals surface area contributed by atoms with Gasteiger partial charge in [-0.3, -0.25) is 4.98 Å². The fraction of sp³-hybridized carbons (Fsp3) is 0. The second-order valence-electron chi connectivity index (χ2n) is 1.55. The second kappa shape index (κ2) is 4.24. The first-order chi connectivity index (χ1) is 4.30. The summed E-state index contributed by atoms with van der Waals surface area (Å²) < 4.78 is 0. The van der Waals surface area contributed by atoms with Crippen molar-refractivity contribution in [3.63, 3.8) is 0 Å². The molecule has 0 unspecified atom stereocenters. The molecule has 0 bridgehead atoms. The Morgan fingerprint density at radius 3 is 2.60 bits per heavy atom. The maximum Gasteiger partial charge on any atom is 2.00 e. The van der Waals surface area contributed by atoms with E-state index in [-0.39, 0.29) is 28.6 Å². The molecule has 4 heteroatoms. The van der Waals surface area contributed by atoms with Crippen molar-refractivity contribution < 1.29 is 9.90 Å². The van der Waals surface area contributed by atoms with Crippen molar-refractivity contribution in [2.45, 2.75) is 0 Å². The van der Waals surface area contributed by atoms with Crippen molar-refractivity contribution >= 4 is 29.0 Å². The normalized spacial score (nSPS) is 8.00. The monoisotopic (exact) mass is 147 g/mol. The third-order valence-electron chi connectivity index (χ3n) is 0.908. The van der Waals surface area contributed by atoms with Crippen LogP contribution in [-0.4, -0.2) is 39.1 Å². The third-order valence-corrected chi connectivity index (χ3v) is 0.908. The van der Waals surface area contributed by atoms with Gasteiger partial charge in [0.2, 0.25) is 0 Å². The maximum atomic E-state index is 10.2. The fourth-order valence-electron chi connectivity index (χ4n) is 0.489. The van der Waals surface area contributed by atoms with Crippen LogP contribution < -0.4 is 0 Å². The summed E-state index contributed by atoms with van der Waals surface area (Å²) in [7, 11) is 0. The summed E-state index contributed by atoms with van der Waals surface area (Å²) in [6.07, 6.45) is 2.84. The molecule has 46 valence electrons. The fourth-order valence-corrected chi connectivity index (χ4v) is 0.489. The van der Waals surface area contributed by atoms with Crippen molar-refractivity contribution in [3.05, 3.63) is 30.1 Å². The van der Waals surface area contributed by atoms with Crippen LogP contribution in [0.5, 0.6) is 0 Å². The minimum Gasteiger partial charge on any atom is -0.478 e. The summed E-state index contributed by atoms with van der Waals surface area (Å²) >= 11 is 0. The zero-order valence-corrected chi connectivity index (χ0v) is 6.73. The number of carboxylic acid groups (broad SMARTS) is 1. The predicted octanol–water partition coefficient (Wildman–Crippen LogP) is 0.399. The molecule has 0 fully saturated rings. The van der Waals surface area contributed by atoms with E-state index in [1.165, 1.54) is 18.5 Å². The minimum absolute atomic E-state index is 0. The Bertz CT molecular complexity index is 212. The van der Waals surface area contributed by atoms with Crippen LogP contribution in [0.2, 0.25) is 0 Å². The Balaban J connectivity index is 0.000000810. The van der Waals surface area contributed by atoms with E-state index in [4.69, 9.17) is 5.11 Å². The number of hydrogen-bond donors (Lipinski definition) is 1. The van der Waals surface area contributed by atoms with Gasteiger partial charge in [0, 0.05) is 12.4 Å². The molecule has 0 spiro atoms. The number of rotatable bonds is 1. The first-order valence-electron chi connectivity index (χ1n) is 2.44. The second-order valence-corrected chi connectivity index (χ2v) is 1.55. The Labute approximate surface area is 74.2 Å². The molecule has 0 saturated heterocycles. The predicted molar refractivity (Wildman–Crippen MR) is 37.0 cm³/mol. The molecule has 1 aromatic heterocycles. The van der Waals surface area contributed by atoms with Gasteiger partial charge in [-0.15, -0.1) is 0 Å². The zero-order chi connectivity index (χ0) is 6.69. The van der Waals surface area contributed by atoms with Crippen molar-refractivity contribution in [1.82, 2.24) is 4.98 Å². The first kappa shape index (κ1) is 9.39. The van der Waals surface area contributed by atoms with E-state index in [0.29, 0.717) is 0 Å². The Morgan fingerprint density at radius 1 is 1.60 bits per heavy atom. The zero-order valence-electron chi connectivity index (χ0n) is 5.32. The molecule has 1 rings (SSSR count). The van der Waals surface area contributed by atoms with E-state index in [1.54, 1.807) is 6.07 Å². The van der Waals surface area contributed by atoms with Gasteiger partial charge in [-0.05, 0) is 12.1 Å². The van der Waals surface area contributed by atoms with Gasteiger partial charge in [0.05, 0.1) is 5.56 Å². The minimum atomic E-state index is -0.942. The van der Waals surface area contributed by atoms with Gasteiger partial charge in [0.1, 0.15) is 0 Å². The Hall–Kier alpha value is -0.614. The number of aromatic carboxylic acids is 1. The van der Waals surface area contributed by atoms with Crippen LogP contribution >= 0.6 is 0 Å². The van der Waals surface area contributed by atoms with Crippen LogP contribution in [0.1, 0.15) is 10.4 Å².